The topological polar surface area (TPSA) is 96.9 Å². The maximum absolute atomic E-state index is 12.9. The average Bonchev–Trinajstić information content (AvgIpc) is 3.43. The zero-order chi connectivity index (χ0) is 21.4. The third-order valence-corrected chi connectivity index (χ3v) is 5.89. The first-order valence-electron chi connectivity index (χ1n) is 10.1. The molecule has 3 N–H and O–H groups in total. The van der Waals surface area contributed by atoms with Crippen molar-refractivity contribution in [3.05, 3.63) is 58.7 Å². The fourth-order valence-corrected chi connectivity index (χ4v) is 4.12. The van der Waals surface area contributed by atoms with E-state index in [9.17, 15) is 14.7 Å². The first kappa shape index (κ1) is 20.2. The number of carbonyl (C=O) groups is 2. The van der Waals surface area contributed by atoms with Crippen LogP contribution in [0.5, 0.6) is 11.5 Å². The molecule has 0 spiro atoms. The monoisotopic (exact) mass is 410 g/mol. The van der Waals surface area contributed by atoms with Gasteiger partial charge in [0.15, 0.2) is 0 Å². The lowest BCUT2D eigenvalue weighted by molar-refractivity contribution is 0.0947. The van der Waals surface area contributed by atoms with Crippen molar-refractivity contribution in [1.29, 1.82) is 0 Å². The van der Waals surface area contributed by atoms with E-state index in [0.717, 1.165) is 23.3 Å². The lowest BCUT2D eigenvalue weighted by Crippen LogP contribution is -2.28. The molecule has 2 unspecified atom stereocenters. The van der Waals surface area contributed by atoms with E-state index >= 15 is 0 Å². The molecule has 0 radical (unpaired) electrons. The summed E-state index contributed by atoms with van der Waals surface area (Å²) in [5.74, 6) is 0.641. The minimum atomic E-state index is -0.306. The molecule has 1 heterocycles. The van der Waals surface area contributed by atoms with Crippen LogP contribution in [0.3, 0.4) is 0 Å². The maximum Gasteiger partial charge on any atom is 0.254 e. The Bertz CT molecular complexity index is 990. The molecule has 30 heavy (non-hydrogen) atoms. The first-order chi connectivity index (χ1) is 14.5. The number of carbonyl (C=O) groups excluding carboxylic acids is 2. The van der Waals surface area contributed by atoms with Gasteiger partial charge in [0, 0.05) is 42.7 Å². The Kier molecular flexibility index (Phi) is 5.39. The van der Waals surface area contributed by atoms with Crippen molar-refractivity contribution in [2.24, 2.45) is 5.92 Å². The Morgan fingerprint density at radius 1 is 1.23 bits per heavy atom. The molecule has 0 aromatic heterocycles. The summed E-state index contributed by atoms with van der Waals surface area (Å²) in [4.78, 5) is 25.4. The highest BCUT2D eigenvalue weighted by Gasteiger charge is 2.39. The third kappa shape index (κ3) is 3.61. The summed E-state index contributed by atoms with van der Waals surface area (Å²) in [6.07, 6.45) is 0.554. The van der Waals surface area contributed by atoms with Crippen molar-refractivity contribution in [2.75, 3.05) is 20.8 Å². The van der Waals surface area contributed by atoms with E-state index in [2.05, 4.69) is 10.6 Å². The molecule has 1 aliphatic carbocycles. The molecule has 4 atom stereocenters. The zero-order valence-electron chi connectivity index (χ0n) is 17.3. The van der Waals surface area contributed by atoms with Gasteiger partial charge in [0.2, 0.25) is 0 Å². The molecule has 1 saturated carbocycles. The van der Waals surface area contributed by atoms with Gasteiger partial charge in [0.1, 0.15) is 17.6 Å². The number of rotatable bonds is 6. The van der Waals surface area contributed by atoms with E-state index < -0.39 is 0 Å². The summed E-state index contributed by atoms with van der Waals surface area (Å²) in [6.45, 7) is 2.01. The smallest absolute Gasteiger partial charge is 0.254 e. The van der Waals surface area contributed by atoms with Gasteiger partial charge in [-0.05, 0) is 43.2 Å². The highest BCUT2D eigenvalue weighted by molar-refractivity contribution is 6.02. The SMILES string of the molecule is CNC(=O)c1cc(C(=O)N[C@@H]2C[C@@H]2CO)cc2c1OC(C)C2c1cccc(OC)c1. The summed E-state index contributed by atoms with van der Waals surface area (Å²) in [5, 5.41) is 14.8. The summed E-state index contributed by atoms with van der Waals surface area (Å²) >= 11 is 0. The molecule has 1 aliphatic heterocycles. The number of fused-ring (bicyclic) bond motifs is 1. The summed E-state index contributed by atoms with van der Waals surface area (Å²) in [5.41, 5.74) is 2.54. The second-order valence-corrected chi connectivity index (χ2v) is 7.86. The van der Waals surface area contributed by atoms with Crippen molar-refractivity contribution >= 4 is 11.8 Å². The van der Waals surface area contributed by atoms with Crippen molar-refractivity contribution in [3.63, 3.8) is 0 Å². The second-order valence-electron chi connectivity index (χ2n) is 7.86. The molecule has 158 valence electrons. The van der Waals surface area contributed by atoms with E-state index in [1.54, 1.807) is 26.3 Å². The van der Waals surface area contributed by atoms with Crippen LogP contribution in [0.1, 0.15) is 51.1 Å². The molecule has 2 aromatic carbocycles. The van der Waals surface area contributed by atoms with Crippen LogP contribution in [0.15, 0.2) is 36.4 Å². The minimum absolute atomic E-state index is 0.0245. The number of benzene rings is 2. The molecule has 2 amide bonds. The van der Waals surface area contributed by atoms with E-state index in [-0.39, 0.29) is 42.4 Å². The Labute approximate surface area is 175 Å². The van der Waals surface area contributed by atoms with Gasteiger partial charge in [0.25, 0.3) is 11.8 Å². The number of methoxy groups -OCH3 is 1. The fourth-order valence-electron chi connectivity index (χ4n) is 4.12. The fraction of sp³-hybridized carbons (Fsp3) is 0.391. The number of amides is 2. The van der Waals surface area contributed by atoms with E-state index in [0.29, 0.717) is 16.9 Å². The van der Waals surface area contributed by atoms with Gasteiger partial charge in [0.05, 0.1) is 12.7 Å². The van der Waals surface area contributed by atoms with Crippen molar-refractivity contribution in [3.8, 4) is 11.5 Å². The summed E-state index contributed by atoms with van der Waals surface area (Å²) < 4.78 is 11.5. The standard InChI is InChI=1S/C23H26N2O5/c1-12-20(13-5-4-6-16(7-13)29-3)17-8-14(22(27)25-19-10-15(19)11-26)9-18(21(17)30-12)23(28)24-2/h4-9,12,15,19-20,26H,10-11H2,1-3H3,(H,24,28)(H,25,27)/t12?,15-,19-,20?/m1/s1. The molecular formula is C23H26N2O5. The van der Waals surface area contributed by atoms with Crippen molar-refractivity contribution in [1.82, 2.24) is 10.6 Å². The molecule has 2 aliphatic rings. The number of aliphatic hydroxyl groups excluding tert-OH is 1. The van der Waals surface area contributed by atoms with Crippen LogP contribution < -0.4 is 20.1 Å². The van der Waals surface area contributed by atoms with Crippen molar-refractivity contribution < 1.29 is 24.2 Å². The quantitative estimate of drug-likeness (QED) is 0.678. The van der Waals surface area contributed by atoms with Gasteiger partial charge in [-0.25, -0.2) is 0 Å². The Hall–Kier alpha value is -3.06. The minimum Gasteiger partial charge on any atom is -0.497 e. The molecule has 4 rings (SSSR count). The van der Waals surface area contributed by atoms with Crippen LogP contribution in [-0.4, -0.2) is 49.8 Å². The van der Waals surface area contributed by atoms with E-state index in [4.69, 9.17) is 9.47 Å². The number of hydrogen-bond acceptors (Lipinski definition) is 5. The van der Waals surface area contributed by atoms with Crippen LogP contribution in [0.25, 0.3) is 0 Å². The Balaban J connectivity index is 1.76. The predicted molar refractivity (Wildman–Crippen MR) is 111 cm³/mol. The highest BCUT2D eigenvalue weighted by Crippen LogP contribution is 2.45. The average molecular weight is 410 g/mol. The Morgan fingerprint density at radius 3 is 2.70 bits per heavy atom. The van der Waals surface area contributed by atoms with Gasteiger partial charge in [-0.2, -0.15) is 0 Å². The van der Waals surface area contributed by atoms with Crippen LogP contribution in [0.4, 0.5) is 0 Å². The Morgan fingerprint density at radius 2 is 2.03 bits per heavy atom. The van der Waals surface area contributed by atoms with Crippen LogP contribution >= 0.6 is 0 Å². The van der Waals surface area contributed by atoms with Crippen LogP contribution in [0, 0.1) is 5.92 Å². The predicted octanol–water partition coefficient (Wildman–Crippen LogP) is 2.08. The van der Waals surface area contributed by atoms with Gasteiger partial charge in [-0.15, -0.1) is 0 Å². The molecule has 2 aromatic rings. The van der Waals surface area contributed by atoms with Crippen molar-refractivity contribution in [2.45, 2.75) is 31.4 Å². The highest BCUT2D eigenvalue weighted by atomic mass is 16.5. The van der Waals surface area contributed by atoms with E-state index in [1.807, 2.05) is 31.2 Å². The van der Waals surface area contributed by atoms with Crippen LogP contribution in [-0.2, 0) is 0 Å². The van der Waals surface area contributed by atoms with E-state index in [1.165, 1.54) is 0 Å². The first-order valence-corrected chi connectivity index (χ1v) is 10.1. The number of aliphatic hydroxyl groups is 1. The summed E-state index contributed by atoms with van der Waals surface area (Å²) in [6, 6.07) is 11.1. The van der Waals surface area contributed by atoms with Gasteiger partial charge in [-0.3, -0.25) is 9.59 Å². The largest absolute Gasteiger partial charge is 0.497 e. The van der Waals surface area contributed by atoms with Gasteiger partial charge >= 0.3 is 0 Å². The molecule has 7 nitrogen and oxygen atoms in total. The van der Waals surface area contributed by atoms with Gasteiger partial charge < -0.3 is 25.2 Å². The molecular weight excluding hydrogens is 384 g/mol. The summed E-state index contributed by atoms with van der Waals surface area (Å²) in [7, 11) is 3.17. The number of hydrogen-bond donors (Lipinski definition) is 3. The zero-order valence-corrected chi connectivity index (χ0v) is 17.3. The molecule has 0 bridgehead atoms. The molecule has 0 saturated heterocycles. The molecule has 7 heteroatoms. The maximum atomic E-state index is 12.9. The number of nitrogens with one attached hydrogen (secondary N) is 2. The lowest BCUT2D eigenvalue weighted by Gasteiger charge is -2.16. The normalized spacial score (nSPS) is 23.9. The van der Waals surface area contributed by atoms with Crippen LogP contribution in [0.2, 0.25) is 0 Å². The third-order valence-electron chi connectivity index (χ3n) is 5.89. The molecule has 1 fully saturated rings. The lowest BCUT2D eigenvalue weighted by atomic mass is 9.86. The van der Waals surface area contributed by atoms with Gasteiger partial charge in [-0.1, -0.05) is 12.1 Å². The second kappa shape index (κ2) is 7.99. The number of ether oxygens (including phenoxy) is 2.